The maximum atomic E-state index is 12.1. The lowest BCUT2D eigenvalue weighted by atomic mass is 9.96. The molecule has 0 aromatic heterocycles. The van der Waals surface area contributed by atoms with Crippen molar-refractivity contribution in [1.82, 2.24) is 10.6 Å². The smallest absolute Gasteiger partial charge is 0.234 e. The highest BCUT2D eigenvalue weighted by molar-refractivity contribution is 8.01. The molecule has 1 aliphatic heterocycles. The van der Waals surface area contributed by atoms with Crippen molar-refractivity contribution in [3.63, 3.8) is 0 Å². The van der Waals surface area contributed by atoms with Gasteiger partial charge >= 0.3 is 0 Å². The minimum absolute atomic E-state index is 0.0110. The first-order valence-corrected chi connectivity index (χ1v) is 10.1. The van der Waals surface area contributed by atoms with Gasteiger partial charge in [0, 0.05) is 12.2 Å². The molecule has 1 aliphatic rings. The Balaban J connectivity index is 1.61. The highest BCUT2D eigenvalue weighted by Crippen LogP contribution is 2.15. The van der Waals surface area contributed by atoms with E-state index in [1.807, 2.05) is 38.1 Å². The van der Waals surface area contributed by atoms with Crippen LogP contribution in [0.4, 0.5) is 5.69 Å². The standard InChI is InChI=1S/C19H29N3O2S/c1-14-5-7-17(8-6-14)22-18(23)13-25-15(2)19(24)21-11-9-16-4-3-10-20-12-16/h5-8,15-16,20H,3-4,9-13H2,1-2H3,(H,21,24)(H,22,23). The lowest BCUT2D eigenvalue weighted by Crippen LogP contribution is -2.36. The van der Waals surface area contributed by atoms with E-state index < -0.39 is 0 Å². The molecule has 0 bridgehead atoms. The number of carbonyl (C=O) groups is 2. The topological polar surface area (TPSA) is 70.2 Å². The Morgan fingerprint density at radius 1 is 1.32 bits per heavy atom. The van der Waals surface area contributed by atoms with Crippen LogP contribution >= 0.6 is 11.8 Å². The zero-order valence-electron chi connectivity index (χ0n) is 15.1. The van der Waals surface area contributed by atoms with Crippen LogP contribution in [0.15, 0.2) is 24.3 Å². The van der Waals surface area contributed by atoms with Crippen molar-refractivity contribution >= 4 is 29.3 Å². The SMILES string of the molecule is Cc1ccc(NC(=O)CSC(C)C(=O)NCCC2CCCNC2)cc1. The van der Waals surface area contributed by atoms with Gasteiger partial charge < -0.3 is 16.0 Å². The maximum Gasteiger partial charge on any atom is 0.234 e. The number of nitrogens with one attached hydrogen (secondary N) is 3. The Bertz CT molecular complexity index is 556. The molecule has 0 aliphatic carbocycles. The molecule has 2 rings (SSSR count). The van der Waals surface area contributed by atoms with Crippen molar-refractivity contribution in [3.8, 4) is 0 Å². The summed E-state index contributed by atoms with van der Waals surface area (Å²) in [5, 5.41) is 9.00. The van der Waals surface area contributed by atoms with Crippen LogP contribution in [0, 0.1) is 12.8 Å². The molecule has 2 amide bonds. The van der Waals surface area contributed by atoms with Crippen LogP contribution in [-0.4, -0.2) is 42.5 Å². The quantitative estimate of drug-likeness (QED) is 0.664. The average molecular weight is 364 g/mol. The summed E-state index contributed by atoms with van der Waals surface area (Å²) in [5.41, 5.74) is 1.94. The van der Waals surface area contributed by atoms with Crippen LogP contribution < -0.4 is 16.0 Å². The zero-order valence-corrected chi connectivity index (χ0v) is 16.0. The number of carbonyl (C=O) groups excluding carboxylic acids is 2. The summed E-state index contributed by atoms with van der Waals surface area (Å²) in [5.74, 6) is 0.866. The zero-order chi connectivity index (χ0) is 18.1. The monoisotopic (exact) mass is 363 g/mol. The summed E-state index contributed by atoms with van der Waals surface area (Å²) in [6, 6.07) is 7.68. The third-order valence-electron chi connectivity index (χ3n) is 4.42. The normalized spacial score (nSPS) is 18.4. The number of aryl methyl sites for hydroxylation is 1. The predicted molar refractivity (Wildman–Crippen MR) is 105 cm³/mol. The van der Waals surface area contributed by atoms with Crippen molar-refractivity contribution in [3.05, 3.63) is 29.8 Å². The fourth-order valence-electron chi connectivity index (χ4n) is 2.82. The molecule has 2 unspecified atom stereocenters. The van der Waals surface area contributed by atoms with Gasteiger partial charge in [-0.2, -0.15) is 0 Å². The molecule has 25 heavy (non-hydrogen) atoms. The lowest BCUT2D eigenvalue weighted by molar-refractivity contribution is -0.120. The Labute approximate surface area is 154 Å². The molecule has 138 valence electrons. The fourth-order valence-corrected chi connectivity index (χ4v) is 3.53. The summed E-state index contributed by atoms with van der Waals surface area (Å²) < 4.78 is 0. The highest BCUT2D eigenvalue weighted by Gasteiger charge is 2.17. The van der Waals surface area contributed by atoms with Gasteiger partial charge in [-0.25, -0.2) is 0 Å². The van der Waals surface area contributed by atoms with E-state index in [0.29, 0.717) is 12.5 Å². The first kappa shape index (κ1) is 19.8. The Morgan fingerprint density at radius 3 is 2.76 bits per heavy atom. The molecule has 1 saturated heterocycles. The number of amides is 2. The Kier molecular flexibility index (Phi) is 8.28. The third kappa shape index (κ3) is 7.48. The summed E-state index contributed by atoms with van der Waals surface area (Å²) in [4.78, 5) is 24.1. The van der Waals surface area contributed by atoms with E-state index in [-0.39, 0.29) is 22.8 Å². The third-order valence-corrected chi connectivity index (χ3v) is 5.56. The molecular weight excluding hydrogens is 334 g/mol. The molecule has 1 heterocycles. The number of piperidine rings is 1. The summed E-state index contributed by atoms with van der Waals surface area (Å²) in [7, 11) is 0. The van der Waals surface area contributed by atoms with Gasteiger partial charge in [0.1, 0.15) is 0 Å². The maximum absolute atomic E-state index is 12.1. The van der Waals surface area contributed by atoms with Gasteiger partial charge in [0.15, 0.2) is 0 Å². The first-order valence-electron chi connectivity index (χ1n) is 9.01. The average Bonchev–Trinajstić information content (AvgIpc) is 2.62. The van der Waals surface area contributed by atoms with Crippen LogP contribution in [-0.2, 0) is 9.59 Å². The number of thioether (sulfide) groups is 1. The van der Waals surface area contributed by atoms with Crippen molar-refractivity contribution in [1.29, 1.82) is 0 Å². The van der Waals surface area contributed by atoms with Gasteiger partial charge in [0.2, 0.25) is 11.8 Å². The number of anilines is 1. The van der Waals surface area contributed by atoms with Crippen molar-refractivity contribution in [2.24, 2.45) is 5.92 Å². The molecule has 2 atom stereocenters. The van der Waals surface area contributed by atoms with Gasteiger partial charge in [-0.3, -0.25) is 9.59 Å². The van der Waals surface area contributed by atoms with Gasteiger partial charge in [-0.15, -0.1) is 11.8 Å². The van der Waals surface area contributed by atoms with Gasteiger partial charge in [-0.1, -0.05) is 17.7 Å². The second kappa shape index (κ2) is 10.5. The van der Waals surface area contributed by atoms with E-state index in [0.717, 1.165) is 30.8 Å². The number of benzene rings is 1. The van der Waals surface area contributed by atoms with Crippen LogP contribution in [0.5, 0.6) is 0 Å². The van der Waals surface area contributed by atoms with E-state index >= 15 is 0 Å². The van der Waals surface area contributed by atoms with Crippen LogP contribution in [0.1, 0.15) is 31.7 Å². The number of hydrogen-bond acceptors (Lipinski definition) is 4. The van der Waals surface area contributed by atoms with E-state index in [9.17, 15) is 9.59 Å². The largest absolute Gasteiger partial charge is 0.355 e. The number of rotatable bonds is 8. The molecule has 0 spiro atoms. The summed E-state index contributed by atoms with van der Waals surface area (Å²) in [6.07, 6.45) is 3.48. The second-order valence-corrected chi connectivity index (χ2v) is 7.99. The predicted octanol–water partition coefficient (Wildman–Crippen LogP) is 2.56. The van der Waals surface area contributed by atoms with E-state index in [4.69, 9.17) is 0 Å². The molecule has 1 aromatic rings. The molecule has 6 heteroatoms. The molecule has 5 nitrogen and oxygen atoms in total. The number of hydrogen-bond donors (Lipinski definition) is 3. The fraction of sp³-hybridized carbons (Fsp3) is 0.579. The minimum Gasteiger partial charge on any atom is -0.355 e. The Morgan fingerprint density at radius 2 is 2.08 bits per heavy atom. The van der Waals surface area contributed by atoms with E-state index in [2.05, 4.69) is 16.0 Å². The van der Waals surface area contributed by atoms with Gasteiger partial charge in [-0.05, 0) is 64.3 Å². The van der Waals surface area contributed by atoms with Crippen molar-refractivity contribution in [2.45, 2.75) is 38.4 Å². The van der Waals surface area contributed by atoms with Gasteiger partial charge in [0.25, 0.3) is 0 Å². The molecule has 1 aromatic carbocycles. The lowest BCUT2D eigenvalue weighted by Gasteiger charge is -2.23. The van der Waals surface area contributed by atoms with Crippen LogP contribution in [0.2, 0.25) is 0 Å². The molecule has 0 saturated carbocycles. The van der Waals surface area contributed by atoms with Crippen LogP contribution in [0.25, 0.3) is 0 Å². The molecular formula is C19H29N3O2S. The van der Waals surface area contributed by atoms with Crippen molar-refractivity contribution in [2.75, 3.05) is 30.7 Å². The summed E-state index contributed by atoms with van der Waals surface area (Å²) >= 11 is 1.36. The van der Waals surface area contributed by atoms with Gasteiger partial charge in [0.05, 0.1) is 11.0 Å². The van der Waals surface area contributed by atoms with E-state index in [1.165, 1.54) is 24.6 Å². The molecule has 1 fully saturated rings. The summed E-state index contributed by atoms with van der Waals surface area (Å²) in [6.45, 7) is 6.74. The minimum atomic E-state index is -0.228. The molecule has 3 N–H and O–H groups in total. The Hall–Kier alpha value is -1.53. The molecule has 0 radical (unpaired) electrons. The highest BCUT2D eigenvalue weighted by atomic mass is 32.2. The van der Waals surface area contributed by atoms with Crippen molar-refractivity contribution < 1.29 is 9.59 Å². The van der Waals surface area contributed by atoms with Crippen LogP contribution in [0.3, 0.4) is 0 Å². The van der Waals surface area contributed by atoms with E-state index in [1.54, 1.807) is 0 Å². The first-order chi connectivity index (χ1) is 12.0. The second-order valence-electron chi connectivity index (χ2n) is 6.66.